The van der Waals surface area contributed by atoms with Crippen molar-refractivity contribution in [2.45, 2.75) is 39.8 Å². The maximum atomic E-state index is 13.9. The van der Waals surface area contributed by atoms with Crippen LogP contribution in [0.25, 0.3) is 0 Å². The lowest BCUT2D eigenvalue weighted by molar-refractivity contribution is 0.524. The summed E-state index contributed by atoms with van der Waals surface area (Å²) in [6, 6.07) is 5.34. The van der Waals surface area contributed by atoms with E-state index in [0.29, 0.717) is 5.56 Å². The first-order valence-corrected chi connectivity index (χ1v) is 8.08. The average molecular weight is 354 g/mol. The Bertz CT molecular complexity index is 610. The van der Waals surface area contributed by atoms with Crippen LogP contribution >= 0.6 is 15.9 Å². The van der Waals surface area contributed by atoms with Gasteiger partial charge < -0.3 is 5.32 Å². The molecule has 21 heavy (non-hydrogen) atoms. The smallest absolute Gasteiger partial charge is 0.126 e. The van der Waals surface area contributed by atoms with Gasteiger partial charge in [-0.25, -0.2) is 4.39 Å². The highest BCUT2D eigenvalue weighted by Crippen LogP contribution is 2.29. The highest BCUT2D eigenvalue weighted by Gasteiger charge is 2.21. The molecule has 1 aromatic heterocycles. The fraction of sp³-hybridized carbons (Fsp3) is 0.438. The molecule has 0 bridgehead atoms. The zero-order chi connectivity index (χ0) is 15.4. The number of halogens is 2. The lowest BCUT2D eigenvalue weighted by atomic mass is 10.0. The Morgan fingerprint density at radius 3 is 2.76 bits per heavy atom. The predicted octanol–water partition coefficient (Wildman–Crippen LogP) is 4.20. The third kappa shape index (κ3) is 3.52. The molecule has 0 spiro atoms. The molecule has 1 aromatic carbocycles. The Hall–Kier alpha value is -1.20. The lowest BCUT2D eigenvalue weighted by Crippen LogP contribution is -2.26. The fourth-order valence-corrected chi connectivity index (χ4v) is 2.89. The summed E-state index contributed by atoms with van der Waals surface area (Å²) in [5, 5.41) is 7.86. The molecule has 1 N–H and O–H groups in total. The van der Waals surface area contributed by atoms with E-state index in [1.54, 1.807) is 19.2 Å². The van der Waals surface area contributed by atoms with Crippen molar-refractivity contribution in [3.63, 3.8) is 0 Å². The van der Waals surface area contributed by atoms with Crippen molar-refractivity contribution in [1.82, 2.24) is 15.1 Å². The number of aromatic nitrogens is 2. The van der Waals surface area contributed by atoms with Crippen LogP contribution in [-0.2, 0) is 6.54 Å². The van der Waals surface area contributed by atoms with Gasteiger partial charge in [0.25, 0.3) is 0 Å². The summed E-state index contributed by atoms with van der Waals surface area (Å²) in [6.45, 7) is 7.59. The van der Waals surface area contributed by atoms with Gasteiger partial charge in [-0.1, -0.05) is 19.1 Å². The third-order valence-corrected chi connectivity index (χ3v) is 4.14. The highest BCUT2D eigenvalue weighted by molar-refractivity contribution is 9.10. The van der Waals surface area contributed by atoms with Crippen molar-refractivity contribution in [1.29, 1.82) is 0 Å². The molecule has 2 aromatic rings. The van der Waals surface area contributed by atoms with Gasteiger partial charge in [-0.15, -0.1) is 0 Å². The van der Waals surface area contributed by atoms with Crippen molar-refractivity contribution in [3.05, 3.63) is 51.5 Å². The van der Waals surface area contributed by atoms with Crippen LogP contribution in [0.5, 0.6) is 0 Å². The van der Waals surface area contributed by atoms with Crippen LogP contribution < -0.4 is 5.32 Å². The molecule has 0 aliphatic heterocycles. The Morgan fingerprint density at radius 1 is 1.38 bits per heavy atom. The van der Waals surface area contributed by atoms with Crippen LogP contribution in [0.15, 0.2) is 28.9 Å². The molecule has 1 atom stereocenters. The lowest BCUT2D eigenvalue weighted by Gasteiger charge is -2.21. The Kier molecular flexibility index (Phi) is 5.53. The number of aryl methyl sites for hydroxylation is 2. The van der Waals surface area contributed by atoms with E-state index in [0.717, 1.165) is 35.2 Å². The number of rotatable bonds is 6. The van der Waals surface area contributed by atoms with Crippen molar-refractivity contribution < 1.29 is 4.39 Å². The molecule has 0 aliphatic rings. The summed E-state index contributed by atoms with van der Waals surface area (Å²) in [5.41, 5.74) is 2.62. The van der Waals surface area contributed by atoms with E-state index in [9.17, 15) is 4.39 Å². The minimum absolute atomic E-state index is 0.0723. The molecule has 3 nitrogen and oxygen atoms in total. The monoisotopic (exact) mass is 353 g/mol. The second-order valence-corrected chi connectivity index (χ2v) is 5.94. The normalized spacial score (nSPS) is 12.6. The summed E-state index contributed by atoms with van der Waals surface area (Å²) in [6.07, 6.45) is 2.81. The number of benzene rings is 1. The van der Waals surface area contributed by atoms with Crippen LogP contribution in [0.4, 0.5) is 4.39 Å². The average Bonchev–Trinajstić information content (AvgIpc) is 2.84. The third-order valence-electron chi connectivity index (χ3n) is 3.53. The molecular weight excluding hydrogens is 333 g/mol. The van der Waals surface area contributed by atoms with Crippen molar-refractivity contribution in [2.24, 2.45) is 0 Å². The van der Waals surface area contributed by atoms with Gasteiger partial charge in [-0.2, -0.15) is 5.10 Å². The summed E-state index contributed by atoms with van der Waals surface area (Å²) in [5.74, 6) is -0.172. The number of nitrogens with one attached hydrogen (secondary N) is 1. The highest BCUT2D eigenvalue weighted by atomic mass is 79.9. The van der Waals surface area contributed by atoms with Crippen molar-refractivity contribution in [3.8, 4) is 0 Å². The second-order valence-electron chi connectivity index (χ2n) is 5.09. The van der Waals surface area contributed by atoms with Gasteiger partial charge in [0.15, 0.2) is 0 Å². The topological polar surface area (TPSA) is 29.9 Å². The number of hydrogen-bond donors (Lipinski definition) is 1. The van der Waals surface area contributed by atoms with Gasteiger partial charge >= 0.3 is 0 Å². The molecule has 0 saturated carbocycles. The quantitative estimate of drug-likeness (QED) is 0.843. The van der Waals surface area contributed by atoms with E-state index in [2.05, 4.69) is 40.2 Å². The number of hydrogen-bond acceptors (Lipinski definition) is 2. The predicted molar refractivity (Wildman–Crippen MR) is 86.9 cm³/mol. The van der Waals surface area contributed by atoms with E-state index in [1.807, 2.05) is 16.8 Å². The maximum absolute atomic E-state index is 13.9. The van der Waals surface area contributed by atoms with Crippen LogP contribution in [0.3, 0.4) is 0 Å². The molecule has 114 valence electrons. The van der Waals surface area contributed by atoms with E-state index < -0.39 is 0 Å². The van der Waals surface area contributed by atoms with Crippen LogP contribution in [0, 0.1) is 12.7 Å². The van der Waals surface area contributed by atoms with E-state index >= 15 is 0 Å². The molecule has 1 heterocycles. The second kappa shape index (κ2) is 7.18. The molecular formula is C16H21BrFN3. The Labute approximate surface area is 133 Å². The molecule has 5 heteroatoms. The van der Waals surface area contributed by atoms with Gasteiger partial charge in [-0.05, 0) is 59.9 Å². The molecule has 2 rings (SSSR count). The van der Waals surface area contributed by atoms with E-state index in [-0.39, 0.29) is 11.9 Å². The first-order valence-electron chi connectivity index (χ1n) is 7.29. The van der Waals surface area contributed by atoms with Gasteiger partial charge in [-0.3, -0.25) is 4.68 Å². The van der Waals surface area contributed by atoms with Crippen LogP contribution in [0.1, 0.15) is 43.1 Å². The molecule has 0 saturated heterocycles. The molecule has 0 aliphatic carbocycles. The van der Waals surface area contributed by atoms with Crippen molar-refractivity contribution in [2.75, 3.05) is 6.54 Å². The van der Waals surface area contributed by atoms with Crippen LogP contribution in [-0.4, -0.2) is 16.3 Å². The van der Waals surface area contributed by atoms with Gasteiger partial charge in [0.2, 0.25) is 0 Å². The first-order chi connectivity index (χ1) is 10.1. The maximum Gasteiger partial charge on any atom is 0.126 e. The van der Waals surface area contributed by atoms with Crippen molar-refractivity contribution >= 4 is 15.9 Å². The van der Waals surface area contributed by atoms with E-state index in [1.165, 1.54) is 0 Å². The minimum Gasteiger partial charge on any atom is -0.305 e. The Balaban J connectivity index is 2.46. The molecule has 0 amide bonds. The number of nitrogens with zero attached hydrogens (tertiary/aromatic N) is 2. The molecule has 0 fully saturated rings. The van der Waals surface area contributed by atoms with Gasteiger partial charge in [0.05, 0.1) is 22.4 Å². The minimum atomic E-state index is -0.172. The molecule has 0 radical (unpaired) electrons. The van der Waals surface area contributed by atoms with Gasteiger partial charge in [0, 0.05) is 6.54 Å². The SMILES string of the molecule is CCCNC(c1ccc(C)c(F)c1)c1c(Br)cnn1CC. The van der Waals surface area contributed by atoms with Crippen LogP contribution in [0.2, 0.25) is 0 Å². The summed E-state index contributed by atoms with van der Waals surface area (Å²) >= 11 is 3.56. The largest absolute Gasteiger partial charge is 0.305 e. The van der Waals surface area contributed by atoms with E-state index in [4.69, 9.17) is 0 Å². The fourth-order valence-electron chi connectivity index (χ4n) is 2.36. The Morgan fingerprint density at radius 2 is 2.14 bits per heavy atom. The summed E-state index contributed by atoms with van der Waals surface area (Å²) in [7, 11) is 0. The zero-order valence-corrected chi connectivity index (χ0v) is 14.2. The molecule has 1 unspecified atom stereocenters. The zero-order valence-electron chi connectivity index (χ0n) is 12.7. The summed E-state index contributed by atoms with van der Waals surface area (Å²) in [4.78, 5) is 0. The standard InChI is InChI=1S/C16H21BrFN3/c1-4-8-19-15(12-7-6-11(3)14(18)9-12)16-13(17)10-20-21(16)5-2/h6-7,9-10,15,19H,4-5,8H2,1-3H3. The summed E-state index contributed by atoms with van der Waals surface area (Å²) < 4.78 is 16.8. The van der Waals surface area contributed by atoms with Gasteiger partial charge in [0.1, 0.15) is 5.82 Å². The first kappa shape index (κ1) is 16.2.